The lowest BCUT2D eigenvalue weighted by molar-refractivity contribution is -0.154. The summed E-state index contributed by atoms with van der Waals surface area (Å²) in [6.45, 7) is 6.14. The molecule has 23 heavy (non-hydrogen) atoms. The van der Waals surface area contributed by atoms with E-state index in [2.05, 4.69) is 34.3 Å². The van der Waals surface area contributed by atoms with Crippen LogP contribution in [0.3, 0.4) is 0 Å². The average Bonchev–Trinajstić information content (AvgIpc) is 2.57. The second kappa shape index (κ2) is 8.64. The Hall–Kier alpha value is -1.92. The van der Waals surface area contributed by atoms with E-state index in [1.807, 2.05) is 18.2 Å². The van der Waals surface area contributed by atoms with Crippen LogP contribution < -0.4 is 5.32 Å². The molecule has 1 aromatic carbocycles. The number of nitrogens with zero attached hydrogens (tertiary/aromatic N) is 2. The number of carbonyl (C=O) groups is 2. The van der Waals surface area contributed by atoms with Crippen LogP contribution in [-0.4, -0.2) is 68.1 Å². The van der Waals surface area contributed by atoms with Gasteiger partial charge < -0.3 is 15.0 Å². The van der Waals surface area contributed by atoms with Crippen molar-refractivity contribution in [1.29, 1.82) is 0 Å². The van der Waals surface area contributed by atoms with Gasteiger partial charge in [-0.3, -0.25) is 9.69 Å². The van der Waals surface area contributed by atoms with Crippen LogP contribution >= 0.6 is 0 Å². The number of amides is 1. The Balaban J connectivity index is 2.02. The van der Waals surface area contributed by atoms with Crippen LogP contribution in [0.5, 0.6) is 0 Å². The minimum atomic E-state index is -0.822. The second-order valence-corrected chi connectivity index (χ2v) is 5.70. The Morgan fingerprint density at radius 1 is 1.17 bits per heavy atom. The summed E-state index contributed by atoms with van der Waals surface area (Å²) >= 11 is 0. The van der Waals surface area contributed by atoms with E-state index in [0.717, 1.165) is 31.7 Å². The van der Waals surface area contributed by atoms with Crippen LogP contribution in [0.4, 0.5) is 0 Å². The molecule has 1 saturated heterocycles. The molecule has 1 heterocycles. The minimum absolute atomic E-state index is 0.0586. The van der Waals surface area contributed by atoms with Gasteiger partial charge >= 0.3 is 11.9 Å². The Kier molecular flexibility index (Phi) is 6.55. The van der Waals surface area contributed by atoms with E-state index in [4.69, 9.17) is 4.74 Å². The van der Waals surface area contributed by atoms with E-state index in [9.17, 15) is 9.59 Å². The maximum absolute atomic E-state index is 11.8. The summed E-state index contributed by atoms with van der Waals surface area (Å²) in [7, 11) is 2.11. The highest BCUT2D eigenvalue weighted by Crippen LogP contribution is 2.21. The van der Waals surface area contributed by atoms with E-state index in [1.54, 1.807) is 6.92 Å². The van der Waals surface area contributed by atoms with Gasteiger partial charge in [-0.25, -0.2) is 4.79 Å². The first-order valence-corrected chi connectivity index (χ1v) is 8.04. The number of benzene rings is 1. The molecule has 0 radical (unpaired) electrons. The van der Waals surface area contributed by atoms with Crippen LogP contribution in [0.15, 0.2) is 30.3 Å². The zero-order chi connectivity index (χ0) is 16.7. The zero-order valence-electron chi connectivity index (χ0n) is 13.8. The molecule has 0 aliphatic carbocycles. The van der Waals surface area contributed by atoms with Crippen LogP contribution in [0.2, 0.25) is 0 Å². The molecule has 0 spiro atoms. The van der Waals surface area contributed by atoms with E-state index in [0.29, 0.717) is 6.54 Å². The van der Waals surface area contributed by atoms with Crippen molar-refractivity contribution in [3.8, 4) is 0 Å². The number of carbonyl (C=O) groups excluding carboxylic acids is 2. The number of hydrogen-bond acceptors (Lipinski definition) is 5. The number of likely N-dealkylation sites (N-methyl/N-ethyl adjacent to an activating group) is 1. The van der Waals surface area contributed by atoms with Gasteiger partial charge in [0.2, 0.25) is 0 Å². The van der Waals surface area contributed by atoms with Gasteiger partial charge in [-0.15, -0.1) is 0 Å². The van der Waals surface area contributed by atoms with E-state index >= 15 is 0 Å². The van der Waals surface area contributed by atoms with Crippen molar-refractivity contribution in [3.63, 3.8) is 0 Å². The normalized spacial score (nSPS) is 17.5. The molecule has 1 atom stereocenters. The highest BCUT2D eigenvalue weighted by Gasteiger charge is 2.25. The fraction of sp³-hybridized carbons (Fsp3) is 0.529. The van der Waals surface area contributed by atoms with Gasteiger partial charge in [-0.1, -0.05) is 30.3 Å². The Morgan fingerprint density at radius 3 is 2.43 bits per heavy atom. The zero-order valence-corrected chi connectivity index (χ0v) is 13.8. The molecule has 1 fully saturated rings. The number of nitrogens with one attached hydrogen (secondary N) is 1. The number of ether oxygens (including phenoxy) is 1. The van der Waals surface area contributed by atoms with Crippen LogP contribution in [0, 0.1) is 0 Å². The third-order valence-electron chi connectivity index (χ3n) is 4.08. The van der Waals surface area contributed by atoms with Crippen molar-refractivity contribution in [2.24, 2.45) is 0 Å². The van der Waals surface area contributed by atoms with Gasteiger partial charge in [-0.05, 0) is 19.5 Å². The minimum Gasteiger partial charge on any atom is -0.459 e. The lowest BCUT2D eigenvalue weighted by Gasteiger charge is -2.38. The SMILES string of the molecule is CCOC(=O)C(=O)NCC(c1ccccc1)N1CCN(C)CC1. The van der Waals surface area contributed by atoms with E-state index in [1.165, 1.54) is 0 Å². The van der Waals surface area contributed by atoms with Gasteiger partial charge in [0.05, 0.1) is 12.6 Å². The molecule has 0 saturated carbocycles. The molecule has 2 rings (SSSR count). The van der Waals surface area contributed by atoms with Crippen LogP contribution in [0.1, 0.15) is 18.5 Å². The Morgan fingerprint density at radius 2 is 1.83 bits per heavy atom. The largest absolute Gasteiger partial charge is 0.459 e. The molecule has 0 bridgehead atoms. The first kappa shape index (κ1) is 17.4. The maximum Gasteiger partial charge on any atom is 0.396 e. The molecule has 1 amide bonds. The van der Waals surface area contributed by atoms with Gasteiger partial charge in [0.15, 0.2) is 0 Å². The second-order valence-electron chi connectivity index (χ2n) is 5.70. The third kappa shape index (κ3) is 5.04. The first-order chi connectivity index (χ1) is 11.1. The highest BCUT2D eigenvalue weighted by molar-refractivity contribution is 6.32. The molecular weight excluding hydrogens is 294 g/mol. The lowest BCUT2D eigenvalue weighted by atomic mass is 10.0. The van der Waals surface area contributed by atoms with Gasteiger partial charge in [0.25, 0.3) is 0 Å². The molecule has 1 N–H and O–H groups in total. The number of piperazine rings is 1. The summed E-state index contributed by atoms with van der Waals surface area (Å²) in [5, 5.41) is 2.71. The van der Waals surface area contributed by atoms with Gasteiger partial charge in [0, 0.05) is 32.7 Å². The summed E-state index contributed by atoms with van der Waals surface area (Å²) in [4.78, 5) is 27.9. The molecule has 0 aromatic heterocycles. The molecular formula is C17H25N3O3. The molecule has 6 heteroatoms. The van der Waals surface area contributed by atoms with Crippen molar-refractivity contribution in [3.05, 3.63) is 35.9 Å². The predicted molar refractivity (Wildman–Crippen MR) is 87.9 cm³/mol. The number of hydrogen-bond donors (Lipinski definition) is 1. The first-order valence-electron chi connectivity index (χ1n) is 8.04. The van der Waals surface area contributed by atoms with Crippen molar-refractivity contribution in [2.75, 3.05) is 46.4 Å². The topological polar surface area (TPSA) is 61.9 Å². The Bertz CT molecular complexity index is 513. The standard InChI is InChI=1S/C17H25N3O3/c1-3-23-17(22)16(21)18-13-15(14-7-5-4-6-8-14)20-11-9-19(2)10-12-20/h4-8,15H,3,9-13H2,1-2H3,(H,18,21). The lowest BCUT2D eigenvalue weighted by Crippen LogP contribution is -2.49. The van der Waals surface area contributed by atoms with Crippen LogP contribution in [0.25, 0.3) is 0 Å². The van der Waals surface area contributed by atoms with Gasteiger partial charge in [-0.2, -0.15) is 0 Å². The molecule has 126 valence electrons. The molecule has 1 aromatic rings. The number of rotatable bonds is 5. The molecule has 1 unspecified atom stereocenters. The van der Waals surface area contributed by atoms with E-state index < -0.39 is 11.9 Å². The smallest absolute Gasteiger partial charge is 0.396 e. The number of esters is 1. The fourth-order valence-electron chi connectivity index (χ4n) is 2.72. The van der Waals surface area contributed by atoms with Crippen molar-refractivity contribution in [1.82, 2.24) is 15.1 Å². The van der Waals surface area contributed by atoms with Crippen LogP contribution in [-0.2, 0) is 14.3 Å². The van der Waals surface area contributed by atoms with Gasteiger partial charge in [0.1, 0.15) is 0 Å². The molecule has 6 nitrogen and oxygen atoms in total. The monoisotopic (exact) mass is 319 g/mol. The molecule has 1 aliphatic heterocycles. The van der Waals surface area contributed by atoms with Crippen molar-refractivity contribution < 1.29 is 14.3 Å². The summed E-state index contributed by atoms with van der Waals surface area (Å²) in [6, 6.07) is 10.1. The molecule has 1 aliphatic rings. The van der Waals surface area contributed by atoms with Crippen molar-refractivity contribution >= 4 is 11.9 Å². The summed E-state index contributed by atoms with van der Waals surface area (Å²) in [5.74, 6) is -1.50. The third-order valence-corrected chi connectivity index (χ3v) is 4.08. The quantitative estimate of drug-likeness (QED) is 0.638. The van der Waals surface area contributed by atoms with Crippen molar-refractivity contribution in [2.45, 2.75) is 13.0 Å². The Labute approximate surface area is 137 Å². The summed E-state index contributed by atoms with van der Waals surface area (Å²) < 4.78 is 4.73. The summed E-state index contributed by atoms with van der Waals surface area (Å²) in [5.41, 5.74) is 1.14. The van der Waals surface area contributed by atoms with E-state index in [-0.39, 0.29) is 12.6 Å². The maximum atomic E-state index is 11.8. The predicted octanol–water partition coefficient (Wildman–Crippen LogP) is 0.654. The fourth-order valence-corrected chi connectivity index (χ4v) is 2.72. The average molecular weight is 319 g/mol. The summed E-state index contributed by atoms with van der Waals surface area (Å²) in [6.07, 6.45) is 0. The highest BCUT2D eigenvalue weighted by atomic mass is 16.5.